The molecule has 0 aliphatic rings. The van der Waals surface area contributed by atoms with E-state index >= 15 is 0 Å². The van der Waals surface area contributed by atoms with Crippen LogP contribution in [0.5, 0.6) is 0 Å². The Hall–Kier alpha value is -1.60. The summed E-state index contributed by atoms with van der Waals surface area (Å²) in [4.78, 5) is 11.3. The summed E-state index contributed by atoms with van der Waals surface area (Å²) in [7, 11) is 0. The van der Waals surface area contributed by atoms with Gasteiger partial charge >= 0.3 is 5.97 Å². The van der Waals surface area contributed by atoms with Crippen molar-refractivity contribution < 1.29 is 27.8 Å². The van der Waals surface area contributed by atoms with Crippen LogP contribution in [0.2, 0.25) is 0 Å². The van der Waals surface area contributed by atoms with E-state index in [1.807, 2.05) is 0 Å². The maximum absolute atomic E-state index is 13.4. The summed E-state index contributed by atoms with van der Waals surface area (Å²) in [5, 5.41) is 8.51. The minimum absolute atomic E-state index is 0.0710. The third-order valence-corrected chi connectivity index (χ3v) is 2.57. The first-order valence-electron chi connectivity index (χ1n) is 6.09. The normalized spacial score (nSPS) is 12.2. The van der Waals surface area contributed by atoms with E-state index in [0.717, 1.165) is 6.07 Å². The number of benzene rings is 1. The predicted octanol–water partition coefficient (Wildman–Crippen LogP) is 1.29. The van der Waals surface area contributed by atoms with Crippen LogP contribution in [0.4, 0.5) is 13.2 Å². The Labute approximate surface area is 114 Å². The molecule has 0 bridgehead atoms. The lowest BCUT2D eigenvalue weighted by Gasteiger charge is -2.12. The van der Waals surface area contributed by atoms with Gasteiger partial charge in [0.1, 0.15) is 5.82 Å². The van der Waals surface area contributed by atoms with Gasteiger partial charge in [0.05, 0.1) is 13.0 Å². The molecule has 1 atom stereocenters. The maximum Gasteiger partial charge on any atom is 0.307 e. The molecule has 0 fully saturated rings. The Morgan fingerprint density at radius 1 is 1.25 bits per heavy atom. The molecule has 0 spiro atoms. The number of hydrogen-bond acceptors (Lipinski definition) is 4. The van der Waals surface area contributed by atoms with Gasteiger partial charge in [-0.3, -0.25) is 4.79 Å². The Morgan fingerprint density at radius 3 is 2.55 bits per heavy atom. The molecule has 3 N–H and O–H groups in total. The van der Waals surface area contributed by atoms with Gasteiger partial charge in [-0.05, 0) is 18.1 Å². The molecular formula is C13H16F3NO3. The molecule has 7 heteroatoms. The van der Waals surface area contributed by atoms with Gasteiger partial charge in [-0.2, -0.15) is 0 Å². The lowest BCUT2D eigenvalue weighted by Crippen LogP contribution is -2.28. The van der Waals surface area contributed by atoms with Crippen LogP contribution in [0, 0.1) is 17.5 Å². The number of hydrogen-bond donors (Lipinski definition) is 2. The average Bonchev–Trinajstić information content (AvgIpc) is 2.36. The van der Waals surface area contributed by atoms with E-state index in [-0.39, 0.29) is 31.6 Å². The van der Waals surface area contributed by atoms with E-state index in [4.69, 9.17) is 15.6 Å². The van der Waals surface area contributed by atoms with E-state index < -0.39 is 29.5 Å². The summed E-state index contributed by atoms with van der Waals surface area (Å²) in [6.45, 7) is -0.0268. The van der Waals surface area contributed by atoms with E-state index in [9.17, 15) is 18.0 Å². The fraction of sp³-hybridized carbons (Fsp3) is 0.462. The summed E-state index contributed by atoms with van der Waals surface area (Å²) < 4.78 is 43.8. The molecule has 0 aromatic heterocycles. The van der Waals surface area contributed by atoms with Gasteiger partial charge in [0.15, 0.2) is 11.6 Å². The average molecular weight is 291 g/mol. The number of rotatable bonds is 7. The van der Waals surface area contributed by atoms with Crippen molar-refractivity contribution in [2.45, 2.75) is 25.3 Å². The van der Waals surface area contributed by atoms with Crippen LogP contribution in [0.1, 0.15) is 18.4 Å². The second-order valence-corrected chi connectivity index (χ2v) is 4.32. The van der Waals surface area contributed by atoms with Gasteiger partial charge in [-0.25, -0.2) is 13.2 Å². The molecule has 0 radical (unpaired) electrons. The van der Waals surface area contributed by atoms with Crippen LogP contribution < -0.4 is 5.73 Å². The zero-order valence-electron chi connectivity index (χ0n) is 10.7. The highest BCUT2D eigenvalue weighted by molar-refractivity contribution is 5.70. The monoisotopic (exact) mass is 291 g/mol. The molecule has 112 valence electrons. The fourth-order valence-electron chi connectivity index (χ4n) is 1.60. The molecule has 0 unspecified atom stereocenters. The second kappa shape index (κ2) is 7.86. The van der Waals surface area contributed by atoms with Gasteiger partial charge in [0.25, 0.3) is 0 Å². The smallest absolute Gasteiger partial charge is 0.307 e. The van der Waals surface area contributed by atoms with E-state index in [2.05, 4.69) is 0 Å². The number of nitrogens with two attached hydrogens (primary N) is 1. The van der Waals surface area contributed by atoms with Gasteiger partial charge in [-0.1, -0.05) is 0 Å². The minimum Gasteiger partial charge on any atom is -0.466 e. The number of carbonyl (C=O) groups excluding carboxylic acids is 1. The second-order valence-electron chi connectivity index (χ2n) is 4.32. The molecule has 20 heavy (non-hydrogen) atoms. The van der Waals surface area contributed by atoms with Gasteiger partial charge < -0.3 is 15.6 Å². The Bertz CT molecular complexity index is 468. The van der Waals surface area contributed by atoms with Crippen LogP contribution in [0.15, 0.2) is 12.1 Å². The maximum atomic E-state index is 13.4. The van der Waals surface area contributed by atoms with Crippen molar-refractivity contribution in [3.8, 4) is 0 Å². The molecule has 0 aliphatic heterocycles. The lowest BCUT2D eigenvalue weighted by atomic mass is 10.0. The molecular weight excluding hydrogens is 275 g/mol. The fourth-order valence-corrected chi connectivity index (χ4v) is 1.60. The van der Waals surface area contributed by atoms with Crippen molar-refractivity contribution in [1.29, 1.82) is 0 Å². The van der Waals surface area contributed by atoms with Gasteiger partial charge in [0.2, 0.25) is 0 Å². The third-order valence-electron chi connectivity index (χ3n) is 2.57. The summed E-state index contributed by atoms with van der Waals surface area (Å²) in [5.41, 5.74) is 5.54. The Kier molecular flexibility index (Phi) is 6.47. The number of ether oxygens (including phenoxy) is 1. The highest BCUT2D eigenvalue weighted by atomic mass is 19.2. The van der Waals surface area contributed by atoms with Crippen molar-refractivity contribution >= 4 is 5.97 Å². The van der Waals surface area contributed by atoms with Crippen LogP contribution in [0.3, 0.4) is 0 Å². The zero-order valence-corrected chi connectivity index (χ0v) is 10.7. The van der Waals surface area contributed by atoms with Crippen molar-refractivity contribution in [1.82, 2.24) is 0 Å². The molecule has 0 heterocycles. The van der Waals surface area contributed by atoms with Crippen molar-refractivity contribution in [3.05, 3.63) is 35.1 Å². The molecule has 1 aromatic carbocycles. The first-order chi connectivity index (χ1) is 9.43. The van der Waals surface area contributed by atoms with E-state index in [1.54, 1.807) is 0 Å². The third kappa shape index (κ3) is 5.18. The lowest BCUT2D eigenvalue weighted by molar-refractivity contribution is -0.144. The highest BCUT2D eigenvalue weighted by Gasteiger charge is 2.16. The zero-order chi connectivity index (χ0) is 15.1. The topological polar surface area (TPSA) is 72.6 Å². The molecule has 0 saturated carbocycles. The summed E-state index contributed by atoms with van der Waals surface area (Å²) in [5.74, 6) is -3.94. The molecule has 1 aromatic rings. The first-order valence-corrected chi connectivity index (χ1v) is 6.09. The summed E-state index contributed by atoms with van der Waals surface area (Å²) >= 11 is 0. The molecule has 1 rings (SSSR count). The van der Waals surface area contributed by atoms with Crippen molar-refractivity contribution in [2.75, 3.05) is 13.2 Å². The number of halogens is 3. The van der Waals surface area contributed by atoms with Crippen molar-refractivity contribution in [2.24, 2.45) is 5.73 Å². The van der Waals surface area contributed by atoms with E-state index in [1.165, 1.54) is 0 Å². The summed E-state index contributed by atoms with van der Waals surface area (Å²) in [6, 6.07) is 0.398. The van der Waals surface area contributed by atoms with Crippen LogP contribution in [-0.2, 0) is 16.0 Å². The standard InChI is InChI=1S/C13H16F3NO3/c14-10-7-12(16)11(15)5-8(10)4-9(17)6-13(19)20-3-1-2-18/h5,7,9,18H,1-4,6,17H2/t9-/m1/s1. The number of aliphatic hydroxyl groups excluding tert-OH is 1. The van der Waals surface area contributed by atoms with E-state index in [0.29, 0.717) is 12.5 Å². The number of esters is 1. The minimum atomic E-state index is -1.27. The van der Waals surface area contributed by atoms with Gasteiger partial charge in [0, 0.05) is 25.1 Å². The molecule has 0 saturated heterocycles. The Balaban J connectivity index is 2.52. The summed E-state index contributed by atoms with van der Waals surface area (Å²) in [6.07, 6.45) is 0.0285. The number of carbonyl (C=O) groups is 1. The SMILES string of the molecule is N[C@@H](CC(=O)OCCCO)Cc1cc(F)c(F)cc1F. The molecule has 4 nitrogen and oxygen atoms in total. The van der Waals surface area contributed by atoms with Crippen LogP contribution in [-0.4, -0.2) is 30.3 Å². The van der Waals surface area contributed by atoms with Crippen LogP contribution >= 0.6 is 0 Å². The quantitative estimate of drug-likeness (QED) is 0.451. The van der Waals surface area contributed by atoms with Crippen molar-refractivity contribution in [3.63, 3.8) is 0 Å². The van der Waals surface area contributed by atoms with Gasteiger partial charge in [-0.15, -0.1) is 0 Å². The Morgan fingerprint density at radius 2 is 1.90 bits per heavy atom. The largest absolute Gasteiger partial charge is 0.466 e. The number of aliphatic hydroxyl groups is 1. The molecule has 0 aliphatic carbocycles. The van der Waals surface area contributed by atoms with Crippen LogP contribution in [0.25, 0.3) is 0 Å². The molecule has 0 amide bonds. The first kappa shape index (κ1) is 16.5. The highest BCUT2D eigenvalue weighted by Crippen LogP contribution is 2.15. The predicted molar refractivity (Wildman–Crippen MR) is 65.3 cm³/mol.